The van der Waals surface area contributed by atoms with Crippen LogP contribution in [0.2, 0.25) is 0 Å². The van der Waals surface area contributed by atoms with Gasteiger partial charge in [-0.25, -0.2) is 4.79 Å². The molecular formula is C26H30N2O5. The Morgan fingerprint density at radius 2 is 1.61 bits per heavy atom. The SMILES string of the molecule is CC1CCC(NC(=O)C(CC(=O)O)NC(=O)OCC2c3ccccc3-c3ccccc32)C1C. The first kappa shape index (κ1) is 22.8. The predicted molar refractivity (Wildman–Crippen MR) is 124 cm³/mol. The average Bonchev–Trinajstić information content (AvgIpc) is 3.29. The molecule has 2 aromatic rings. The van der Waals surface area contributed by atoms with Gasteiger partial charge in [0.2, 0.25) is 5.91 Å². The summed E-state index contributed by atoms with van der Waals surface area (Å²) in [6.45, 7) is 4.31. The Kier molecular flexibility index (Phi) is 6.67. The monoisotopic (exact) mass is 450 g/mol. The van der Waals surface area contributed by atoms with Crippen LogP contribution in [0.4, 0.5) is 4.79 Å². The van der Waals surface area contributed by atoms with Crippen molar-refractivity contribution in [3.8, 4) is 11.1 Å². The van der Waals surface area contributed by atoms with Crippen LogP contribution < -0.4 is 10.6 Å². The van der Waals surface area contributed by atoms with Crippen molar-refractivity contribution in [1.82, 2.24) is 10.6 Å². The number of amides is 2. The van der Waals surface area contributed by atoms with Gasteiger partial charge in [0.05, 0.1) is 6.42 Å². The van der Waals surface area contributed by atoms with Crippen molar-refractivity contribution in [3.63, 3.8) is 0 Å². The highest BCUT2D eigenvalue weighted by molar-refractivity contribution is 5.89. The number of carboxylic acid groups (broad SMARTS) is 1. The lowest BCUT2D eigenvalue weighted by Crippen LogP contribution is -2.51. The van der Waals surface area contributed by atoms with Crippen molar-refractivity contribution in [2.75, 3.05) is 6.61 Å². The minimum absolute atomic E-state index is 0.0203. The Labute approximate surface area is 193 Å². The standard InChI is InChI=1S/C26H30N2O5/c1-15-11-12-22(16(15)2)27-25(31)23(13-24(29)30)28-26(32)33-14-21-19-9-5-3-7-17(19)18-8-4-6-10-20(18)21/h3-10,15-16,21-23H,11-14H2,1-2H3,(H,27,31)(H,28,32)(H,29,30). The Hall–Kier alpha value is -3.35. The molecule has 1 saturated carbocycles. The second-order valence-corrected chi connectivity index (χ2v) is 9.15. The van der Waals surface area contributed by atoms with E-state index in [0.29, 0.717) is 11.8 Å². The van der Waals surface area contributed by atoms with Crippen LogP contribution in [0.5, 0.6) is 0 Å². The predicted octanol–water partition coefficient (Wildman–Crippen LogP) is 3.92. The van der Waals surface area contributed by atoms with Crippen LogP contribution in [0, 0.1) is 11.8 Å². The highest BCUT2D eigenvalue weighted by Gasteiger charge is 2.34. The molecule has 2 aromatic carbocycles. The molecule has 7 nitrogen and oxygen atoms in total. The van der Waals surface area contributed by atoms with E-state index in [1.165, 1.54) is 0 Å². The number of carbonyl (C=O) groups is 3. The Morgan fingerprint density at radius 1 is 1.00 bits per heavy atom. The minimum atomic E-state index is -1.19. The highest BCUT2D eigenvalue weighted by Crippen LogP contribution is 2.44. The fraction of sp³-hybridized carbons (Fsp3) is 0.423. The molecule has 2 aliphatic carbocycles. The van der Waals surface area contributed by atoms with E-state index in [2.05, 4.69) is 24.5 Å². The third-order valence-electron chi connectivity index (χ3n) is 7.12. The number of carboxylic acids is 1. The van der Waals surface area contributed by atoms with Crippen LogP contribution in [0.1, 0.15) is 50.2 Å². The summed E-state index contributed by atoms with van der Waals surface area (Å²) < 4.78 is 5.49. The molecular weight excluding hydrogens is 420 g/mol. The van der Waals surface area contributed by atoms with E-state index in [1.807, 2.05) is 48.5 Å². The molecule has 7 heteroatoms. The van der Waals surface area contributed by atoms with Gasteiger partial charge in [0, 0.05) is 12.0 Å². The van der Waals surface area contributed by atoms with E-state index >= 15 is 0 Å². The van der Waals surface area contributed by atoms with E-state index in [-0.39, 0.29) is 18.6 Å². The van der Waals surface area contributed by atoms with Gasteiger partial charge in [0.1, 0.15) is 12.6 Å². The zero-order chi connectivity index (χ0) is 23.5. The maximum absolute atomic E-state index is 12.8. The molecule has 174 valence electrons. The van der Waals surface area contributed by atoms with Crippen molar-refractivity contribution in [1.29, 1.82) is 0 Å². The molecule has 0 spiro atoms. The number of benzene rings is 2. The third kappa shape index (κ3) is 4.87. The lowest BCUT2D eigenvalue weighted by atomic mass is 9.97. The molecule has 0 aliphatic heterocycles. The molecule has 2 aliphatic rings. The molecule has 4 unspecified atom stereocenters. The number of alkyl carbamates (subject to hydrolysis) is 1. The number of hydrogen-bond donors (Lipinski definition) is 3. The lowest BCUT2D eigenvalue weighted by molar-refractivity contribution is -0.140. The third-order valence-corrected chi connectivity index (χ3v) is 7.12. The summed E-state index contributed by atoms with van der Waals surface area (Å²) in [5.41, 5.74) is 4.39. The summed E-state index contributed by atoms with van der Waals surface area (Å²) in [4.78, 5) is 36.7. The molecule has 4 atom stereocenters. The summed E-state index contributed by atoms with van der Waals surface area (Å²) in [5, 5.41) is 14.6. The number of aliphatic carboxylic acids is 1. The molecule has 0 aromatic heterocycles. The number of carbonyl (C=O) groups excluding carboxylic acids is 2. The zero-order valence-electron chi connectivity index (χ0n) is 18.9. The van der Waals surface area contributed by atoms with Crippen LogP contribution in [0.3, 0.4) is 0 Å². The van der Waals surface area contributed by atoms with Crippen LogP contribution in [-0.4, -0.2) is 41.8 Å². The van der Waals surface area contributed by atoms with E-state index in [9.17, 15) is 19.5 Å². The van der Waals surface area contributed by atoms with Crippen LogP contribution in [0.25, 0.3) is 11.1 Å². The van der Waals surface area contributed by atoms with Gasteiger partial charge >= 0.3 is 12.1 Å². The number of nitrogens with one attached hydrogen (secondary N) is 2. The normalized spacial score (nSPS) is 22.2. The molecule has 0 radical (unpaired) electrons. The van der Waals surface area contributed by atoms with Crippen LogP contribution >= 0.6 is 0 Å². The van der Waals surface area contributed by atoms with Gasteiger partial charge in [-0.3, -0.25) is 9.59 Å². The number of hydrogen-bond acceptors (Lipinski definition) is 4. The van der Waals surface area contributed by atoms with E-state index in [1.54, 1.807) is 0 Å². The summed E-state index contributed by atoms with van der Waals surface area (Å²) in [6, 6.07) is 14.8. The topological polar surface area (TPSA) is 105 Å². The second kappa shape index (κ2) is 9.65. The average molecular weight is 451 g/mol. The van der Waals surface area contributed by atoms with E-state index < -0.39 is 30.4 Å². The highest BCUT2D eigenvalue weighted by atomic mass is 16.5. The second-order valence-electron chi connectivity index (χ2n) is 9.15. The van der Waals surface area contributed by atoms with Gasteiger partial charge in [0.25, 0.3) is 0 Å². The minimum Gasteiger partial charge on any atom is -0.481 e. The molecule has 0 bridgehead atoms. The lowest BCUT2D eigenvalue weighted by Gasteiger charge is -2.23. The quantitative estimate of drug-likeness (QED) is 0.593. The van der Waals surface area contributed by atoms with Crippen molar-refractivity contribution in [2.24, 2.45) is 11.8 Å². The first-order valence-corrected chi connectivity index (χ1v) is 11.5. The molecule has 0 saturated heterocycles. The number of fused-ring (bicyclic) bond motifs is 3. The van der Waals surface area contributed by atoms with Gasteiger partial charge in [-0.05, 0) is 46.9 Å². The van der Waals surface area contributed by atoms with Gasteiger partial charge in [0.15, 0.2) is 0 Å². The Bertz CT molecular complexity index is 1010. The molecule has 3 N–H and O–H groups in total. The number of rotatable bonds is 7. The maximum atomic E-state index is 12.8. The fourth-order valence-electron chi connectivity index (χ4n) is 5.02. The first-order chi connectivity index (χ1) is 15.8. The summed E-state index contributed by atoms with van der Waals surface area (Å²) in [5.74, 6) is -0.980. The summed E-state index contributed by atoms with van der Waals surface area (Å²) in [7, 11) is 0. The number of ether oxygens (including phenoxy) is 1. The zero-order valence-corrected chi connectivity index (χ0v) is 18.9. The van der Waals surface area contributed by atoms with Crippen LogP contribution in [0.15, 0.2) is 48.5 Å². The summed E-state index contributed by atoms with van der Waals surface area (Å²) in [6.07, 6.45) is 0.548. The summed E-state index contributed by atoms with van der Waals surface area (Å²) >= 11 is 0. The Balaban J connectivity index is 1.40. The fourth-order valence-corrected chi connectivity index (χ4v) is 5.02. The van der Waals surface area contributed by atoms with E-state index in [0.717, 1.165) is 35.1 Å². The van der Waals surface area contributed by atoms with Gasteiger partial charge < -0.3 is 20.5 Å². The van der Waals surface area contributed by atoms with Crippen molar-refractivity contribution < 1.29 is 24.2 Å². The smallest absolute Gasteiger partial charge is 0.407 e. The Morgan fingerprint density at radius 3 is 2.15 bits per heavy atom. The first-order valence-electron chi connectivity index (χ1n) is 11.5. The van der Waals surface area contributed by atoms with Gasteiger partial charge in [-0.2, -0.15) is 0 Å². The van der Waals surface area contributed by atoms with Gasteiger partial charge in [-0.15, -0.1) is 0 Å². The molecule has 0 heterocycles. The van der Waals surface area contributed by atoms with Gasteiger partial charge in [-0.1, -0.05) is 62.4 Å². The molecule has 2 amide bonds. The largest absolute Gasteiger partial charge is 0.481 e. The van der Waals surface area contributed by atoms with Crippen molar-refractivity contribution in [2.45, 2.75) is 51.1 Å². The van der Waals surface area contributed by atoms with Crippen LogP contribution in [-0.2, 0) is 14.3 Å². The molecule has 33 heavy (non-hydrogen) atoms. The van der Waals surface area contributed by atoms with E-state index in [4.69, 9.17) is 4.74 Å². The maximum Gasteiger partial charge on any atom is 0.407 e. The molecule has 4 rings (SSSR count). The van der Waals surface area contributed by atoms with Crippen molar-refractivity contribution >= 4 is 18.0 Å². The molecule has 1 fully saturated rings. The van der Waals surface area contributed by atoms with Crippen molar-refractivity contribution in [3.05, 3.63) is 59.7 Å².